The van der Waals surface area contributed by atoms with Gasteiger partial charge in [0.25, 0.3) is 0 Å². The van der Waals surface area contributed by atoms with E-state index in [4.69, 9.17) is 11.6 Å². The maximum atomic E-state index is 6.12. The standard InChI is InChI=1S/C12H15BrClN/c13-11-5-10(7-15-8-11)6-12(9-14)3-1-2-4-12/h5,7-8H,1-4,6,9H2. The normalized spacial score (nSPS) is 19.3. The van der Waals surface area contributed by atoms with Crippen LogP contribution in [0, 0.1) is 5.41 Å². The van der Waals surface area contributed by atoms with Gasteiger partial charge in [-0.1, -0.05) is 12.8 Å². The van der Waals surface area contributed by atoms with Crippen LogP contribution in [0.25, 0.3) is 0 Å². The Bertz CT molecular complexity index is 334. The van der Waals surface area contributed by atoms with Gasteiger partial charge in [0.1, 0.15) is 0 Å². The highest BCUT2D eigenvalue weighted by Crippen LogP contribution is 2.41. The summed E-state index contributed by atoms with van der Waals surface area (Å²) < 4.78 is 1.06. The quantitative estimate of drug-likeness (QED) is 0.760. The molecule has 1 aromatic heterocycles. The van der Waals surface area contributed by atoms with Gasteiger partial charge in [-0.25, -0.2) is 0 Å². The van der Waals surface area contributed by atoms with Crippen molar-refractivity contribution in [3.8, 4) is 0 Å². The van der Waals surface area contributed by atoms with Crippen LogP contribution in [0.5, 0.6) is 0 Å². The van der Waals surface area contributed by atoms with Gasteiger partial charge in [0.2, 0.25) is 0 Å². The number of nitrogens with zero attached hydrogens (tertiary/aromatic N) is 1. The minimum absolute atomic E-state index is 0.337. The Balaban J connectivity index is 2.12. The van der Waals surface area contributed by atoms with Crippen molar-refractivity contribution in [1.29, 1.82) is 0 Å². The van der Waals surface area contributed by atoms with E-state index in [2.05, 4.69) is 27.0 Å². The van der Waals surface area contributed by atoms with Crippen molar-refractivity contribution in [1.82, 2.24) is 4.98 Å². The summed E-state index contributed by atoms with van der Waals surface area (Å²) >= 11 is 9.58. The summed E-state index contributed by atoms with van der Waals surface area (Å²) in [6, 6.07) is 2.15. The Kier molecular flexibility index (Phi) is 3.68. The molecular weight excluding hydrogens is 273 g/mol. The molecule has 0 bridgehead atoms. The lowest BCUT2D eigenvalue weighted by atomic mass is 9.82. The fourth-order valence-electron chi connectivity index (χ4n) is 2.47. The van der Waals surface area contributed by atoms with E-state index in [1.165, 1.54) is 31.2 Å². The monoisotopic (exact) mass is 287 g/mol. The predicted octanol–water partition coefficient (Wildman–Crippen LogP) is 4.19. The summed E-state index contributed by atoms with van der Waals surface area (Å²) in [5.41, 5.74) is 1.64. The smallest absolute Gasteiger partial charge is 0.0410 e. The van der Waals surface area contributed by atoms with E-state index >= 15 is 0 Å². The van der Waals surface area contributed by atoms with E-state index < -0.39 is 0 Å². The third-order valence-electron chi connectivity index (χ3n) is 3.29. The summed E-state index contributed by atoms with van der Waals surface area (Å²) in [7, 11) is 0. The largest absolute Gasteiger partial charge is 0.263 e. The van der Waals surface area contributed by atoms with Crippen molar-refractivity contribution < 1.29 is 0 Å². The van der Waals surface area contributed by atoms with Gasteiger partial charge in [-0.2, -0.15) is 0 Å². The van der Waals surface area contributed by atoms with Crippen molar-refractivity contribution in [3.63, 3.8) is 0 Å². The number of pyridine rings is 1. The van der Waals surface area contributed by atoms with E-state index in [1.54, 1.807) is 0 Å². The molecule has 1 heterocycles. The van der Waals surface area contributed by atoms with Crippen LogP contribution in [0.3, 0.4) is 0 Å². The Hall–Kier alpha value is -0.0800. The number of rotatable bonds is 3. The lowest BCUT2D eigenvalue weighted by Gasteiger charge is -2.26. The highest BCUT2D eigenvalue weighted by molar-refractivity contribution is 9.10. The molecule has 0 N–H and O–H groups in total. The van der Waals surface area contributed by atoms with E-state index in [9.17, 15) is 0 Å². The Morgan fingerprint density at radius 1 is 1.33 bits per heavy atom. The molecule has 0 atom stereocenters. The highest BCUT2D eigenvalue weighted by Gasteiger charge is 2.33. The van der Waals surface area contributed by atoms with E-state index in [-0.39, 0.29) is 0 Å². The average Bonchev–Trinajstić information content (AvgIpc) is 2.67. The topological polar surface area (TPSA) is 12.9 Å². The van der Waals surface area contributed by atoms with Gasteiger partial charge in [0.15, 0.2) is 0 Å². The molecule has 15 heavy (non-hydrogen) atoms. The van der Waals surface area contributed by atoms with Gasteiger partial charge in [0, 0.05) is 22.7 Å². The number of aromatic nitrogens is 1. The van der Waals surface area contributed by atoms with E-state index in [0.29, 0.717) is 5.41 Å². The fraction of sp³-hybridized carbons (Fsp3) is 0.583. The summed E-state index contributed by atoms with van der Waals surface area (Å²) in [4.78, 5) is 4.20. The van der Waals surface area contributed by atoms with Gasteiger partial charge < -0.3 is 0 Å². The van der Waals surface area contributed by atoms with Crippen molar-refractivity contribution in [2.24, 2.45) is 5.41 Å². The highest BCUT2D eigenvalue weighted by atomic mass is 79.9. The molecule has 0 spiro atoms. The van der Waals surface area contributed by atoms with Crippen molar-refractivity contribution in [2.45, 2.75) is 32.1 Å². The molecular formula is C12H15BrClN. The first-order valence-electron chi connectivity index (χ1n) is 5.40. The molecule has 1 aromatic rings. The van der Waals surface area contributed by atoms with Gasteiger partial charge >= 0.3 is 0 Å². The molecule has 3 heteroatoms. The molecule has 1 saturated carbocycles. The van der Waals surface area contributed by atoms with Gasteiger partial charge in [-0.15, -0.1) is 11.6 Å². The van der Waals surface area contributed by atoms with Crippen LogP contribution >= 0.6 is 27.5 Å². The molecule has 1 fully saturated rings. The SMILES string of the molecule is ClCC1(Cc2cncc(Br)c2)CCCC1. The summed E-state index contributed by atoms with van der Waals surface area (Å²) in [5, 5.41) is 0. The Morgan fingerprint density at radius 2 is 2.07 bits per heavy atom. The molecule has 1 aliphatic carbocycles. The molecule has 2 rings (SSSR count). The van der Waals surface area contributed by atoms with Crippen LogP contribution in [0.2, 0.25) is 0 Å². The molecule has 0 saturated heterocycles. The summed E-state index contributed by atoms with van der Waals surface area (Å²) in [6.07, 6.45) is 10.0. The predicted molar refractivity (Wildman–Crippen MR) is 67.3 cm³/mol. The van der Waals surface area contributed by atoms with Crippen LogP contribution in [0.4, 0.5) is 0 Å². The molecule has 0 radical (unpaired) electrons. The molecule has 82 valence electrons. The van der Waals surface area contributed by atoms with Gasteiger partial charge in [0.05, 0.1) is 0 Å². The lowest BCUT2D eigenvalue weighted by molar-refractivity contribution is 0.340. The van der Waals surface area contributed by atoms with Crippen LogP contribution in [-0.4, -0.2) is 10.9 Å². The number of alkyl halides is 1. The molecule has 0 amide bonds. The molecule has 0 unspecified atom stereocenters. The third-order valence-corrected chi connectivity index (χ3v) is 4.29. The van der Waals surface area contributed by atoms with Crippen molar-refractivity contribution in [2.75, 3.05) is 5.88 Å². The molecule has 1 nitrogen and oxygen atoms in total. The second-order valence-electron chi connectivity index (χ2n) is 4.53. The summed E-state index contributed by atoms with van der Waals surface area (Å²) in [5.74, 6) is 0.777. The molecule has 0 aliphatic heterocycles. The first kappa shape index (κ1) is 11.4. The van der Waals surface area contributed by atoms with Crippen LogP contribution in [0.1, 0.15) is 31.2 Å². The second-order valence-corrected chi connectivity index (χ2v) is 5.71. The first-order chi connectivity index (χ1) is 7.24. The Morgan fingerprint density at radius 3 is 2.67 bits per heavy atom. The zero-order valence-corrected chi connectivity index (χ0v) is 11.0. The number of hydrogen-bond donors (Lipinski definition) is 0. The van der Waals surface area contributed by atoms with Crippen molar-refractivity contribution in [3.05, 3.63) is 28.5 Å². The zero-order valence-electron chi connectivity index (χ0n) is 8.68. The number of halogens is 2. The fourth-order valence-corrected chi connectivity index (χ4v) is 3.24. The third kappa shape index (κ3) is 2.73. The average molecular weight is 289 g/mol. The van der Waals surface area contributed by atoms with Crippen LogP contribution in [0.15, 0.2) is 22.9 Å². The molecule has 1 aliphatic rings. The maximum Gasteiger partial charge on any atom is 0.0410 e. The Labute approximate surface area is 104 Å². The first-order valence-corrected chi connectivity index (χ1v) is 6.72. The minimum Gasteiger partial charge on any atom is -0.263 e. The van der Waals surface area contributed by atoms with Crippen LogP contribution < -0.4 is 0 Å². The zero-order chi connectivity index (χ0) is 10.7. The lowest BCUT2D eigenvalue weighted by Crippen LogP contribution is -2.21. The van der Waals surface area contributed by atoms with Gasteiger partial charge in [-0.3, -0.25) is 4.98 Å². The second kappa shape index (κ2) is 4.84. The molecule has 0 aromatic carbocycles. The van der Waals surface area contributed by atoms with E-state index in [1.807, 2.05) is 12.4 Å². The maximum absolute atomic E-state index is 6.12. The van der Waals surface area contributed by atoms with E-state index in [0.717, 1.165) is 16.8 Å². The van der Waals surface area contributed by atoms with Gasteiger partial charge in [-0.05, 0) is 52.2 Å². The van der Waals surface area contributed by atoms with Crippen molar-refractivity contribution >= 4 is 27.5 Å². The minimum atomic E-state index is 0.337. The number of hydrogen-bond acceptors (Lipinski definition) is 1. The van der Waals surface area contributed by atoms with Crippen LogP contribution in [-0.2, 0) is 6.42 Å². The summed E-state index contributed by atoms with van der Waals surface area (Å²) in [6.45, 7) is 0.